The smallest absolute Gasteiger partial charge is 0.430 e. The summed E-state index contributed by atoms with van der Waals surface area (Å²) in [5.74, 6) is -0.235. The molecule has 0 unspecified atom stereocenters. The minimum absolute atomic E-state index is 0.274. The first-order valence-electron chi connectivity index (χ1n) is 12.8. The normalized spacial score (nSPS) is 25.7. The second-order valence-corrected chi connectivity index (χ2v) is 10.7. The van der Waals surface area contributed by atoms with Crippen LogP contribution in [-0.4, -0.2) is 37.4 Å². The van der Waals surface area contributed by atoms with E-state index < -0.39 is 18.1 Å². The highest BCUT2D eigenvalue weighted by molar-refractivity contribution is 5.86. The summed E-state index contributed by atoms with van der Waals surface area (Å²) in [4.78, 5) is 19.7. The van der Waals surface area contributed by atoms with E-state index >= 15 is 0 Å². The summed E-state index contributed by atoms with van der Waals surface area (Å²) in [5, 5.41) is 19.8. The first kappa shape index (κ1) is 27.7. The Kier molecular flexibility index (Phi) is 7.88. The van der Waals surface area contributed by atoms with Crippen LogP contribution in [0.3, 0.4) is 0 Å². The number of nitrogens with two attached hydrogens (primary N) is 1. The monoisotopic (exact) mass is 531 g/mol. The second-order valence-electron chi connectivity index (χ2n) is 10.7. The number of quaternary nitrogens is 1. The van der Waals surface area contributed by atoms with Crippen molar-refractivity contribution in [3.05, 3.63) is 53.6 Å². The standard InChI is InChI=1S/C27H31NO3.C2HF3O2/c1-28-24-12-17(4-8-26(29)30)3-6-22(24)21-5-7-25(31-2)23(13-21)27-14-18-9-19(15-27)11-20(10-18)16-27;3-2(4,5)1(6)7/h3-8,12-13,18-20,28H,9-11,14-16H2,1-2H3,(H,29,30);(H,6,7). The van der Waals surface area contributed by atoms with Crippen molar-refractivity contribution in [3.8, 4) is 16.9 Å². The molecule has 0 atom stereocenters. The molecule has 0 spiro atoms. The summed E-state index contributed by atoms with van der Waals surface area (Å²) in [6.45, 7) is 0. The molecule has 0 aromatic heterocycles. The summed E-state index contributed by atoms with van der Waals surface area (Å²) in [7, 11) is 3.83. The summed E-state index contributed by atoms with van der Waals surface area (Å²) in [6.07, 6.45) is 5.87. The van der Waals surface area contributed by atoms with Crippen molar-refractivity contribution >= 4 is 23.7 Å². The molecule has 6 rings (SSSR count). The Morgan fingerprint density at radius 3 is 2.11 bits per heavy atom. The van der Waals surface area contributed by atoms with Crippen LogP contribution in [0.5, 0.6) is 5.75 Å². The number of aliphatic carboxylic acids is 2. The second kappa shape index (κ2) is 10.8. The number of carboxylic acid groups (broad SMARTS) is 2. The molecule has 4 saturated carbocycles. The van der Waals surface area contributed by atoms with E-state index in [4.69, 9.17) is 19.7 Å². The van der Waals surface area contributed by atoms with Crippen LogP contribution in [-0.2, 0) is 15.0 Å². The molecule has 0 saturated heterocycles. The highest BCUT2D eigenvalue weighted by atomic mass is 19.4. The lowest BCUT2D eigenvalue weighted by Gasteiger charge is -2.57. The largest absolute Gasteiger partial charge is 0.542 e. The van der Waals surface area contributed by atoms with Crippen molar-refractivity contribution in [1.29, 1.82) is 0 Å². The van der Waals surface area contributed by atoms with Gasteiger partial charge in [-0.2, -0.15) is 13.2 Å². The third-order valence-corrected chi connectivity index (χ3v) is 8.16. The fraction of sp³-hybridized carbons (Fsp3) is 0.448. The number of benzene rings is 2. The first-order chi connectivity index (χ1) is 17.9. The van der Waals surface area contributed by atoms with Crippen LogP contribution in [0.1, 0.15) is 49.7 Å². The van der Waals surface area contributed by atoms with Gasteiger partial charge in [-0.1, -0.05) is 12.1 Å². The number of halogens is 3. The van der Waals surface area contributed by atoms with Gasteiger partial charge >= 0.3 is 12.1 Å². The van der Waals surface area contributed by atoms with Crippen LogP contribution in [0.4, 0.5) is 18.9 Å². The maximum Gasteiger partial charge on any atom is 0.430 e. The first-order valence-corrected chi connectivity index (χ1v) is 12.8. The topological polar surface area (TPSA) is 103 Å². The Morgan fingerprint density at radius 2 is 1.63 bits per heavy atom. The summed E-state index contributed by atoms with van der Waals surface area (Å²) in [6, 6.07) is 12.9. The minimum atomic E-state index is -5.19. The SMILES string of the molecule is C[NH2+]c1cc(C=CC(=O)O)ccc1-c1ccc(OC)c(C23CC4CC(CC(C4)C2)C3)c1.O=C([O-])C(F)(F)F. The molecule has 4 fully saturated rings. The lowest BCUT2D eigenvalue weighted by Crippen LogP contribution is -2.73. The lowest BCUT2D eigenvalue weighted by molar-refractivity contribution is -0.538. The lowest BCUT2D eigenvalue weighted by atomic mass is 9.48. The van der Waals surface area contributed by atoms with Crippen LogP contribution in [0.25, 0.3) is 17.2 Å². The van der Waals surface area contributed by atoms with Crippen LogP contribution < -0.4 is 15.2 Å². The Morgan fingerprint density at radius 1 is 1.05 bits per heavy atom. The van der Waals surface area contributed by atoms with Gasteiger partial charge in [0, 0.05) is 23.3 Å². The van der Waals surface area contributed by atoms with E-state index in [1.54, 1.807) is 13.2 Å². The highest BCUT2D eigenvalue weighted by Crippen LogP contribution is 2.62. The third kappa shape index (κ3) is 5.88. The van der Waals surface area contributed by atoms with E-state index in [0.29, 0.717) is 0 Å². The molecular weight excluding hydrogens is 499 g/mol. The zero-order chi connectivity index (χ0) is 27.7. The molecular formula is C29H32F3NO5. The number of ether oxygens (including phenoxy) is 1. The molecule has 0 aliphatic heterocycles. The molecule has 204 valence electrons. The average molecular weight is 532 g/mol. The molecule has 6 nitrogen and oxygen atoms in total. The van der Waals surface area contributed by atoms with Gasteiger partial charge in [-0.05, 0) is 97.1 Å². The molecule has 0 heterocycles. The summed E-state index contributed by atoms with van der Waals surface area (Å²) < 4.78 is 37.4. The highest BCUT2D eigenvalue weighted by Gasteiger charge is 2.52. The predicted octanol–water partition coefficient (Wildman–Crippen LogP) is 4.05. The molecule has 4 aliphatic carbocycles. The van der Waals surface area contributed by atoms with Gasteiger partial charge in [-0.3, -0.25) is 0 Å². The van der Waals surface area contributed by atoms with Gasteiger partial charge in [0.1, 0.15) is 17.4 Å². The fourth-order valence-electron chi connectivity index (χ4n) is 7.08. The molecule has 38 heavy (non-hydrogen) atoms. The van der Waals surface area contributed by atoms with E-state index in [-0.39, 0.29) is 5.41 Å². The van der Waals surface area contributed by atoms with Crippen molar-refractivity contribution in [2.24, 2.45) is 17.8 Å². The molecule has 0 radical (unpaired) electrons. The Labute approximate surface area is 219 Å². The van der Waals surface area contributed by atoms with Crippen LogP contribution >= 0.6 is 0 Å². The number of methoxy groups -OCH3 is 1. The summed E-state index contributed by atoms with van der Waals surface area (Å²) >= 11 is 0. The maximum absolute atomic E-state index is 10.9. The van der Waals surface area contributed by atoms with E-state index in [1.165, 1.54) is 61.3 Å². The van der Waals surface area contributed by atoms with Crippen molar-refractivity contribution in [2.75, 3.05) is 14.2 Å². The molecule has 4 bridgehead atoms. The molecule has 2 aromatic rings. The van der Waals surface area contributed by atoms with E-state index in [2.05, 4.69) is 35.6 Å². The quantitative estimate of drug-likeness (QED) is 0.433. The predicted molar refractivity (Wildman–Crippen MR) is 134 cm³/mol. The molecule has 3 N–H and O–H groups in total. The van der Waals surface area contributed by atoms with Crippen LogP contribution in [0.2, 0.25) is 0 Å². The fourth-order valence-corrected chi connectivity index (χ4v) is 7.08. The van der Waals surface area contributed by atoms with Gasteiger partial charge < -0.3 is 25.1 Å². The van der Waals surface area contributed by atoms with Gasteiger partial charge in [-0.15, -0.1) is 0 Å². The maximum atomic E-state index is 10.9. The Hall–Kier alpha value is -3.33. The zero-order valence-electron chi connectivity index (χ0n) is 21.4. The number of hydrogen-bond donors (Lipinski definition) is 2. The molecule has 2 aromatic carbocycles. The number of alkyl halides is 3. The van der Waals surface area contributed by atoms with Crippen molar-refractivity contribution in [1.82, 2.24) is 0 Å². The Bertz CT molecular complexity index is 1200. The number of carbonyl (C=O) groups is 2. The van der Waals surface area contributed by atoms with Gasteiger partial charge in [0.25, 0.3) is 0 Å². The Balaban J connectivity index is 0.000000426. The van der Waals surface area contributed by atoms with E-state index in [1.807, 2.05) is 13.1 Å². The van der Waals surface area contributed by atoms with Gasteiger partial charge in [-0.25, -0.2) is 4.79 Å². The van der Waals surface area contributed by atoms with E-state index in [9.17, 15) is 18.0 Å². The molecule has 4 aliphatic rings. The third-order valence-electron chi connectivity index (χ3n) is 8.16. The van der Waals surface area contributed by atoms with Crippen molar-refractivity contribution in [2.45, 2.75) is 50.1 Å². The number of hydrogen-bond acceptors (Lipinski definition) is 4. The number of rotatable bonds is 6. The number of carboxylic acids is 2. The van der Waals surface area contributed by atoms with Crippen LogP contribution in [0, 0.1) is 17.8 Å². The molecule has 0 amide bonds. The van der Waals surface area contributed by atoms with Crippen LogP contribution in [0.15, 0.2) is 42.5 Å². The van der Waals surface area contributed by atoms with Crippen molar-refractivity contribution < 1.29 is 43.0 Å². The van der Waals surface area contributed by atoms with Gasteiger partial charge in [0.2, 0.25) is 0 Å². The van der Waals surface area contributed by atoms with Gasteiger partial charge in [0.15, 0.2) is 0 Å². The van der Waals surface area contributed by atoms with Crippen molar-refractivity contribution in [3.63, 3.8) is 0 Å². The van der Waals surface area contributed by atoms with E-state index in [0.717, 1.165) is 34.8 Å². The molecule has 9 heteroatoms. The summed E-state index contributed by atoms with van der Waals surface area (Å²) in [5.41, 5.74) is 6.10. The number of carbonyl (C=O) groups excluding carboxylic acids is 1. The average Bonchev–Trinajstić information content (AvgIpc) is 2.86. The minimum Gasteiger partial charge on any atom is -0.542 e. The van der Waals surface area contributed by atoms with Gasteiger partial charge in [0.05, 0.1) is 14.2 Å². The zero-order valence-corrected chi connectivity index (χ0v) is 21.4.